The van der Waals surface area contributed by atoms with Gasteiger partial charge in [0.25, 0.3) is 5.91 Å². The summed E-state index contributed by atoms with van der Waals surface area (Å²) in [6.07, 6.45) is 3.42. The van der Waals surface area contributed by atoms with Crippen LogP contribution in [0.5, 0.6) is 5.75 Å². The van der Waals surface area contributed by atoms with E-state index >= 15 is 0 Å². The van der Waals surface area contributed by atoms with Crippen molar-refractivity contribution in [1.29, 1.82) is 0 Å². The summed E-state index contributed by atoms with van der Waals surface area (Å²) in [6, 6.07) is 12.0. The molecule has 0 unspecified atom stereocenters. The molecule has 0 saturated heterocycles. The van der Waals surface area contributed by atoms with Crippen LogP contribution in [-0.2, 0) is 21.6 Å². The Morgan fingerprint density at radius 3 is 2.44 bits per heavy atom. The molecular weight excluding hydrogens is 570 g/mol. The molecule has 3 rings (SSSR count). The van der Waals surface area contributed by atoms with Gasteiger partial charge < -0.3 is 27.0 Å². The van der Waals surface area contributed by atoms with Gasteiger partial charge in [-0.05, 0) is 30.3 Å². The van der Waals surface area contributed by atoms with Crippen LogP contribution in [0, 0.1) is 0 Å². The summed E-state index contributed by atoms with van der Waals surface area (Å²) in [7, 11) is -4.89. The van der Waals surface area contributed by atoms with Gasteiger partial charge in [-0.25, -0.2) is 0 Å². The fourth-order valence-corrected chi connectivity index (χ4v) is 3.95. The number of aromatic nitrogens is 1. The van der Waals surface area contributed by atoms with E-state index in [-0.39, 0.29) is 34.5 Å². The number of halogens is 5. The van der Waals surface area contributed by atoms with Gasteiger partial charge in [0.15, 0.2) is 25.5 Å². The van der Waals surface area contributed by atoms with Gasteiger partial charge in [-0.15, -0.1) is 3.89 Å². The molecule has 0 aliphatic carbocycles. The number of benzene rings is 2. The van der Waals surface area contributed by atoms with E-state index in [1.165, 1.54) is 18.2 Å². The lowest BCUT2D eigenvalue weighted by Crippen LogP contribution is -3.00. The van der Waals surface area contributed by atoms with Crippen molar-refractivity contribution in [3.63, 3.8) is 0 Å². The number of nitrogens with zero attached hydrogens (tertiary/aromatic N) is 1. The average Bonchev–Trinajstić information content (AvgIpc) is 2.68. The Labute approximate surface area is 209 Å². The summed E-state index contributed by atoms with van der Waals surface area (Å²) >= 11 is 17.6. The number of carbonyl (C=O) groups excluding carboxylic acids is 1. The highest BCUT2D eigenvalue weighted by atomic mass is 79.9. The Hall–Kier alpha value is -1.91. The molecule has 0 bridgehead atoms. The lowest BCUT2D eigenvalue weighted by Gasteiger charge is -2.08. The van der Waals surface area contributed by atoms with E-state index in [1.54, 1.807) is 41.2 Å². The van der Waals surface area contributed by atoms with Crippen molar-refractivity contribution in [3.05, 3.63) is 81.6 Å². The molecular formula is C20H15BrCl3FN2O4S. The molecule has 0 atom stereocenters. The Balaban J connectivity index is 0.00000363. The third kappa shape index (κ3) is 7.31. The summed E-state index contributed by atoms with van der Waals surface area (Å²) in [5.41, 5.74) is 1.16. The minimum absolute atomic E-state index is 0. The second-order valence-corrected chi connectivity index (χ2v) is 8.92. The zero-order valence-corrected chi connectivity index (χ0v) is 20.7. The highest BCUT2D eigenvalue weighted by Crippen LogP contribution is 2.26. The molecule has 32 heavy (non-hydrogen) atoms. The first kappa shape index (κ1) is 26.3. The van der Waals surface area contributed by atoms with Gasteiger partial charge in [-0.2, -0.15) is 13.0 Å². The first-order valence-electron chi connectivity index (χ1n) is 8.72. The molecule has 3 aromatic rings. The van der Waals surface area contributed by atoms with Gasteiger partial charge in [0, 0.05) is 17.7 Å². The number of amides is 1. The number of pyridine rings is 1. The predicted molar refractivity (Wildman–Crippen MR) is 116 cm³/mol. The number of rotatable bonds is 7. The average molecular weight is 585 g/mol. The van der Waals surface area contributed by atoms with Crippen LogP contribution in [0.4, 0.5) is 9.57 Å². The summed E-state index contributed by atoms with van der Waals surface area (Å²) in [5.74, 6) is 0.0210. The number of nitrogens with one attached hydrogen (secondary N) is 1. The Kier molecular flexibility index (Phi) is 9.29. The van der Waals surface area contributed by atoms with E-state index in [0.717, 1.165) is 6.07 Å². The van der Waals surface area contributed by atoms with E-state index in [9.17, 15) is 17.1 Å². The maximum absolute atomic E-state index is 13.1. The molecule has 0 radical (unpaired) electrons. The van der Waals surface area contributed by atoms with Crippen molar-refractivity contribution in [3.8, 4) is 5.75 Å². The quantitative estimate of drug-likeness (QED) is 0.339. The molecule has 0 spiro atoms. The first-order valence-corrected chi connectivity index (χ1v) is 11.2. The lowest BCUT2D eigenvalue weighted by molar-refractivity contribution is -0.687. The molecule has 0 aliphatic rings. The van der Waals surface area contributed by atoms with Gasteiger partial charge in [0.05, 0.1) is 15.1 Å². The van der Waals surface area contributed by atoms with Crippen molar-refractivity contribution in [1.82, 2.24) is 0 Å². The highest BCUT2D eigenvalue weighted by Gasteiger charge is 2.17. The van der Waals surface area contributed by atoms with Crippen molar-refractivity contribution in [2.24, 2.45) is 0 Å². The van der Waals surface area contributed by atoms with Crippen molar-refractivity contribution in [2.45, 2.75) is 11.4 Å². The normalized spacial score (nSPS) is 10.9. The monoisotopic (exact) mass is 582 g/mol. The zero-order chi connectivity index (χ0) is 22.6. The molecule has 0 aliphatic heterocycles. The minimum Gasteiger partial charge on any atom is -1.00 e. The van der Waals surface area contributed by atoms with Gasteiger partial charge in [0.1, 0.15) is 16.3 Å². The third-order valence-electron chi connectivity index (χ3n) is 4.03. The van der Waals surface area contributed by atoms with Crippen LogP contribution in [0.1, 0.15) is 5.56 Å². The standard InChI is InChI=1S/C20H14Cl3FN2O4S.BrH/c21-16-5-4-15(9-17(16)22)30-12-20(27)25-14-2-1-7-26(11-14)10-13-3-6-19(18(23)8-13)31(24,28)29;/h1-9,11H,10,12H2;1H. The van der Waals surface area contributed by atoms with Crippen LogP contribution in [0.2, 0.25) is 15.1 Å². The zero-order valence-electron chi connectivity index (χ0n) is 16.1. The lowest BCUT2D eigenvalue weighted by atomic mass is 10.2. The Morgan fingerprint density at radius 1 is 1.03 bits per heavy atom. The molecule has 12 heteroatoms. The van der Waals surface area contributed by atoms with Crippen LogP contribution in [-0.4, -0.2) is 20.9 Å². The molecule has 1 heterocycles. The second-order valence-electron chi connectivity index (χ2n) is 6.38. The van der Waals surface area contributed by atoms with Crippen LogP contribution in [0.3, 0.4) is 0 Å². The van der Waals surface area contributed by atoms with Crippen molar-refractivity contribution in [2.75, 3.05) is 11.9 Å². The molecule has 1 amide bonds. The van der Waals surface area contributed by atoms with Crippen LogP contribution in [0.15, 0.2) is 65.8 Å². The summed E-state index contributed by atoms with van der Waals surface area (Å²) in [5, 5.41) is 3.21. The van der Waals surface area contributed by atoms with E-state index in [0.29, 0.717) is 33.6 Å². The predicted octanol–water partition coefficient (Wildman–Crippen LogP) is 1.66. The Morgan fingerprint density at radius 2 is 1.78 bits per heavy atom. The third-order valence-corrected chi connectivity index (χ3v) is 6.07. The molecule has 0 fully saturated rings. The maximum Gasteiger partial charge on any atom is 0.333 e. The van der Waals surface area contributed by atoms with E-state index in [2.05, 4.69) is 5.32 Å². The van der Waals surface area contributed by atoms with Gasteiger partial charge >= 0.3 is 10.2 Å². The van der Waals surface area contributed by atoms with Gasteiger partial charge in [-0.3, -0.25) is 4.79 Å². The van der Waals surface area contributed by atoms with Crippen molar-refractivity contribution < 1.29 is 43.4 Å². The summed E-state index contributed by atoms with van der Waals surface area (Å²) in [6.45, 7) is 0.0808. The Bertz CT molecular complexity index is 1250. The number of hydrogen-bond donors (Lipinski definition) is 1. The van der Waals surface area contributed by atoms with E-state index in [1.807, 2.05) is 0 Å². The smallest absolute Gasteiger partial charge is 0.333 e. The number of hydrogen-bond acceptors (Lipinski definition) is 4. The molecule has 170 valence electrons. The fraction of sp³-hybridized carbons (Fsp3) is 0.100. The van der Waals surface area contributed by atoms with Crippen LogP contribution in [0.25, 0.3) is 0 Å². The van der Waals surface area contributed by atoms with Gasteiger partial charge in [-0.1, -0.05) is 40.9 Å². The number of anilines is 1. The highest BCUT2D eigenvalue weighted by molar-refractivity contribution is 7.86. The SMILES string of the molecule is O=C(COc1ccc(Cl)c(Cl)c1)Nc1ccc[n+](Cc2ccc(S(=O)(=O)F)c(Cl)c2)c1.[Br-]. The van der Waals surface area contributed by atoms with Crippen LogP contribution < -0.4 is 31.6 Å². The minimum atomic E-state index is -4.89. The molecule has 0 saturated carbocycles. The fourth-order valence-electron chi connectivity index (χ4n) is 2.66. The first-order chi connectivity index (χ1) is 14.6. The summed E-state index contributed by atoms with van der Waals surface area (Å²) in [4.78, 5) is 11.6. The van der Waals surface area contributed by atoms with Crippen LogP contribution >= 0.6 is 34.8 Å². The summed E-state index contributed by atoms with van der Waals surface area (Å²) < 4.78 is 42.3. The van der Waals surface area contributed by atoms with E-state index in [4.69, 9.17) is 39.5 Å². The molecule has 6 nitrogen and oxygen atoms in total. The van der Waals surface area contributed by atoms with E-state index < -0.39 is 15.1 Å². The number of ether oxygens (including phenoxy) is 1. The van der Waals surface area contributed by atoms with Crippen molar-refractivity contribution >= 4 is 56.6 Å². The maximum atomic E-state index is 13.1. The largest absolute Gasteiger partial charge is 1.00 e. The molecule has 1 aromatic heterocycles. The van der Waals surface area contributed by atoms with Gasteiger partial charge in [0.2, 0.25) is 0 Å². The molecule has 1 N–H and O–H groups in total. The second kappa shape index (κ2) is 11.3. The number of carbonyl (C=O) groups is 1. The topological polar surface area (TPSA) is 76.3 Å². The molecule has 2 aromatic carbocycles.